The molecule has 20 heavy (non-hydrogen) atoms. The van der Waals surface area contributed by atoms with E-state index < -0.39 is 22.9 Å². The first-order valence-electron chi connectivity index (χ1n) is 6.20. The molecule has 114 valence electrons. The maximum Gasteiger partial charge on any atom is 0.274 e. The second-order valence-electron chi connectivity index (χ2n) is 5.02. The largest absolute Gasteiger partial charge is 0.391 e. The molecule has 0 bridgehead atoms. The monoisotopic (exact) mass is 306 g/mol. The van der Waals surface area contributed by atoms with Crippen LogP contribution in [-0.4, -0.2) is 16.1 Å². The zero-order valence-electron chi connectivity index (χ0n) is 11.5. The lowest BCUT2D eigenvalue weighted by Crippen LogP contribution is -2.27. The molecule has 0 aromatic heterocycles. The Hall–Kier alpha value is -1.24. The van der Waals surface area contributed by atoms with Crippen molar-refractivity contribution >= 4 is 18.1 Å². The highest BCUT2D eigenvalue weighted by atomic mass is 35.5. The van der Waals surface area contributed by atoms with Gasteiger partial charge in [0.2, 0.25) is 0 Å². The number of nitro groups is 1. The Balaban J connectivity index is 0.00000361. The van der Waals surface area contributed by atoms with Crippen molar-refractivity contribution in [1.29, 1.82) is 0 Å². The van der Waals surface area contributed by atoms with Gasteiger partial charge < -0.3 is 10.8 Å². The minimum absolute atomic E-state index is 0. The van der Waals surface area contributed by atoms with Crippen molar-refractivity contribution in [2.75, 3.05) is 0 Å². The molecule has 0 unspecified atom stereocenters. The molecule has 0 heterocycles. The van der Waals surface area contributed by atoms with Crippen LogP contribution in [0.5, 0.6) is 0 Å². The lowest BCUT2D eigenvalue weighted by molar-refractivity contribution is -0.385. The Morgan fingerprint density at radius 3 is 2.50 bits per heavy atom. The van der Waals surface area contributed by atoms with E-state index >= 15 is 0 Å². The van der Waals surface area contributed by atoms with Gasteiger partial charge in [-0.1, -0.05) is 13.8 Å². The van der Waals surface area contributed by atoms with E-state index in [2.05, 4.69) is 0 Å². The fourth-order valence-corrected chi connectivity index (χ4v) is 1.85. The molecule has 1 aromatic rings. The van der Waals surface area contributed by atoms with E-state index in [4.69, 9.17) is 5.73 Å². The van der Waals surface area contributed by atoms with Gasteiger partial charge in [-0.3, -0.25) is 10.1 Å². The molecule has 1 rings (SSSR count). The first kappa shape index (κ1) is 18.8. The average Bonchev–Trinajstić information content (AvgIpc) is 2.34. The fraction of sp³-hybridized carbons (Fsp3) is 0.538. The van der Waals surface area contributed by atoms with Gasteiger partial charge in [-0.2, -0.15) is 0 Å². The molecule has 0 amide bonds. The predicted octanol–water partition coefficient (Wildman–Crippen LogP) is 2.95. The van der Waals surface area contributed by atoms with Crippen LogP contribution in [0.15, 0.2) is 18.2 Å². The number of rotatable bonds is 6. The minimum Gasteiger partial charge on any atom is -0.391 e. The Morgan fingerprint density at radius 2 is 2.00 bits per heavy atom. The number of hydrogen-bond donors (Lipinski definition) is 2. The number of benzene rings is 1. The van der Waals surface area contributed by atoms with Crippen LogP contribution in [0.3, 0.4) is 0 Å². The smallest absolute Gasteiger partial charge is 0.274 e. The summed E-state index contributed by atoms with van der Waals surface area (Å²) >= 11 is 0. The molecule has 0 aliphatic carbocycles. The highest BCUT2D eigenvalue weighted by Gasteiger charge is 2.25. The van der Waals surface area contributed by atoms with E-state index in [0.29, 0.717) is 12.3 Å². The van der Waals surface area contributed by atoms with Gasteiger partial charge in [0.05, 0.1) is 22.6 Å². The zero-order valence-corrected chi connectivity index (χ0v) is 12.3. The van der Waals surface area contributed by atoms with Gasteiger partial charge in [0.15, 0.2) is 0 Å². The number of halogens is 2. The third kappa shape index (κ3) is 5.03. The predicted molar refractivity (Wildman–Crippen MR) is 77.3 cm³/mol. The minimum atomic E-state index is -0.963. The fourth-order valence-electron chi connectivity index (χ4n) is 1.85. The summed E-state index contributed by atoms with van der Waals surface area (Å²) < 4.78 is 13.2. The summed E-state index contributed by atoms with van der Waals surface area (Å²) in [5.41, 5.74) is 5.57. The Morgan fingerprint density at radius 1 is 1.40 bits per heavy atom. The van der Waals surface area contributed by atoms with E-state index in [0.717, 1.165) is 24.6 Å². The molecular formula is C13H20ClFN2O3. The molecule has 2 atom stereocenters. The van der Waals surface area contributed by atoms with Crippen molar-refractivity contribution in [2.24, 2.45) is 11.7 Å². The molecule has 0 radical (unpaired) electrons. The van der Waals surface area contributed by atoms with E-state index in [1.54, 1.807) is 0 Å². The quantitative estimate of drug-likeness (QED) is 0.624. The third-order valence-corrected chi connectivity index (χ3v) is 3.00. The summed E-state index contributed by atoms with van der Waals surface area (Å²) in [5.74, 6) is -0.212. The molecule has 0 aliphatic rings. The second kappa shape index (κ2) is 8.14. The van der Waals surface area contributed by atoms with Crippen LogP contribution < -0.4 is 5.73 Å². The van der Waals surface area contributed by atoms with Crippen LogP contribution in [0.2, 0.25) is 0 Å². The Labute approximate surface area is 123 Å². The van der Waals surface area contributed by atoms with E-state index in [1.165, 1.54) is 0 Å². The highest BCUT2D eigenvalue weighted by Crippen LogP contribution is 2.28. The van der Waals surface area contributed by atoms with Crippen molar-refractivity contribution in [2.45, 2.75) is 38.8 Å². The van der Waals surface area contributed by atoms with Gasteiger partial charge in [0, 0.05) is 6.07 Å². The van der Waals surface area contributed by atoms with Crippen LogP contribution in [-0.2, 0) is 0 Å². The van der Waals surface area contributed by atoms with E-state index in [9.17, 15) is 19.6 Å². The number of aliphatic hydroxyl groups excluding tert-OH is 1. The van der Waals surface area contributed by atoms with Crippen LogP contribution >= 0.6 is 12.4 Å². The molecule has 0 saturated carbocycles. The van der Waals surface area contributed by atoms with Gasteiger partial charge in [0.1, 0.15) is 5.82 Å². The summed E-state index contributed by atoms with van der Waals surface area (Å²) in [5, 5.41) is 20.8. The van der Waals surface area contributed by atoms with Crippen molar-refractivity contribution in [1.82, 2.24) is 0 Å². The van der Waals surface area contributed by atoms with Crippen molar-refractivity contribution in [3.8, 4) is 0 Å². The van der Waals surface area contributed by atoms with Crippen LogP contribution in [0, 0.1) is 21.8 Å². The molecule has 7 heteroatoms. The number of nitro benzene ring substituents is 1. The van der Waals surface area contributed by atoms with Gasteiger partial charge >= 0.3 is 0 Å². The first-order chi connectivity index (χ1) is 8.82. The SMILES string of the molecule is CC(C)CC[C@H](O)[C@H](N)c1cc(F)ccc1[N+](=O)[O-].Cl. The summed E-state index contributed by atoms with van der Waals surface area (Å²) in [6, 6.07) is 2.13. The number of nitrogens with zero attached hydrogens (tertiary/aromatic N) is 1. The van der Waals surface area contributed by atoms with Gasteiger partial charge in [0.25, 0.3) is 5.69 Å². The van der Waals surface area contributed by atoms with Crippen LogP contribution in [0.4, 0.5) is 10.1 Å². The number of nitrogens with two attached hydrogens (primary N) is 1. The van der Waals surface area contributed by atoms with Crippen molar-refractivity contribution in [3.05, 3.63) is 39.7 Å². The third-order valence-electron chi connectivity index (χ3n) is 3.00. The van der Waals surface area contributed by atoms with Gasteiger partial charge in [-0.05, 0) is 30.9 Å². The zero-order chi connectivity index (χ0) is 14.6. The average molecular weight is 307 g/mol. The van der Waals surface area contributed by atoms with E-state index in [-0.39, 0.29) is 23.7 Å². The number of hydrogen-bond acceptors (Lipinski definition) is 4. The molecule has 0 fully saturated rings. The standard InChI is InChI=1S/C13H19FN2O3.ClH/c1-8(2)3-6-12(17)13(15)10-7-9(14)4-5-11(10)16(18)19;/h4-5,7-8,12-13,17H,3,6,15H2,1-2H3;1H/t12-,13+;/m0./s1. The lowest BCUT2D eigenvalue weighted by atomic mass is 9.95. The lowest BCUT2D eigenvalue weighted by Gasteiger charge is -2.20. The topological polar surface area (TPSA) is 89.4 Å². The van der Waals surface area contributed by atoms with Crippen LogP contribution in [0.25, 0.3) is 0 Å². The van der Waals surface area contributed by atoms with Crippen LogP contribution in [0.1, 0.15) is 38.3 Å². The summed E-state index contributed by atoms with van der Waals surface area (Å²) in [4.78, 5) is 10.3. The second-order valence-corrected chi connectivity index (χ2v) is 5.02. The first-order valence-corrected chi connectivity index (χ1v) is 6.20. The highest BCUT2D eigenvalue weighted by molar-refractivity contribution is 5.85. The number of aliphatic hydroxyl groups is 1. The summed E-state index contributed by atoms with van der Waals surface area (Å²) in [7, 11) is 0. The molecule has 0 aliphatic heterocycles. The van der Waals surface area contributed by atoms with Gasteiger partial charge in [-0.15, -0.1) is 12.4 Å². The van der Waals surface area contributed by atoms with Crippen molar-refractivity contribution < 1.29 is 14.4 Å². The molecular weight excluding hydrogens is 287 g/mol. The molecule has 0 spiro atoms. The molecule has 3 N–H and O–H groups in total. The molecule has 1 aromatic carbocycles. The Kier molecular flexibility index (Phi) is 7.63. The maximum atomic E-state index is 13.2. The van der Waals surface area contributed by atoms with Crippen molar-refractivity contribution in [3.63, 3.8) is 0 Å². The van der Waals surface area contributed by atoms with E-state index in [1.807, 2.05) is 13.8 Å². The Bertz CT molecular complexity index is 457. The summed E-state index contributed by atoms with van der Waals surface area (Å²) in [6.45, 7) is 4.01. The molecule has 0 saturated heterocycles. The summed E-state index contributed by atoms with van der Waals surface area (Å²) in [6.07, 6.45) is 0.243. The molecule has 5 nitrogen and oxygen atoms in total. The van der Waals surface area contributed by atoms with Gasteiger partial charge in [-0.25, -0.2) is 4.39 Å². The normalized spacial score (nSPS) is 13.7. The maximum absolute atomic E-state index is 13.2.